The maximum Gasteiger partial charge on any atom is 0.495 e. The molecule has 0 unspecified atom stereocenters. The van der Waals surface area contributed by atoms with Crippen molar-refractivity contribution in [1.29, 1.82) is 0 Å². The first-order valence-electron chi connectivity index (χ1n) is 3.65. The molecule has 1 saturated carbocycles. The number of ether oxygens (including phenoxy) is 1. The SMILES string of the molecule is O=C(F)OC1CCCCC1. The standard InChI is InChI=1S/C7H11FO2/c8-7(9)10-6-4-2-1-3-5-6/h6H,1-5H2. The molecule has 0 spiro atoms. The summed E-state index contributed by atoms with van der Waals surface area (Å²) in [6.07, 6.45) is 3.17. The molecule has 0 saturated heterocycles. The monoisotopic (exact) mass is 146 g/mol. The van der Waals surface area contributed by atoms with Crippen LogP contribution in [-0.4, -0.2) is 12.3 Å². The number of hydrogen-bond donors (Lipinski definition) is 0. The van der Waals surface area contributed by atoms with Gasteiger partial charge in [-0.15, -0.1) is 4.39 Å². The fourth-order valence-corrected chi connectivity index (χ4v) is 1.31. The predicted molar refractivity (Wildman–Crippen MR) is 34.5 cm³/mol. The molecule has 2 nitrogen and oxygen atoms in total. The molecule has 0 aromatic heterocycles. The van der Waals surface area contributed by atoms with Crippen molar-refractivity contribution < 1.29 is 13.9 Å². The molecule has 1 aliphatic rings. The fraction of sp³-hybridized carbons (Fsp3) is 0.857. The minimum atomic E-state index is -1.63. The van der Waals surface area contributed by atoms with E-state index >= 15 is 0 Å². The van der Waals surface area contributed by atoms with Crippen molar-refractivity contribution in [3.63, 3.8) is 0 Å². The number of hydrogen-bond acceptors (Lipinski definition) is 2. The largest absolute Gasteiger partial charge is 0.495 e. The van der Waals surface area contributed by atoms with E-state index in [0.29, 0.717) is 0 Å². The highest BCUT2D eigenvalue weighted by atomic mass is 19.1. The van der Waals surface area contributed by atoms with Gasteiger partial charge in [-0.3, -0.25) is 0 Å². The first kappa shape index (κ1) is 7.51. The van der Waals surface area contributed by atoms with Crippen LogP contribution < -0.4 is 0 Å². The normalized spacial score (nSPS) is 20.5. The highest BCUT2D eigenvalue weighted by molar-refractivity contribution is 5.58. The van der Waals surface area contributed by atoms with Crippen LogP contribution >= 0.6 is 0 Å². The lowest BCUT2D eigenvalue weighted by Crippen LogP contribution is -2.17. The molecule has 0 aromatic rings. The minimum Gasteiger partial charge on any atom is -0.437 e. The maximum atomic E-state index is 11.6. The molecule has 1 fully saturated rings. The predicted octanol–water partition coefficient (Wildman–Crippen LogP) is 2.43. The van der Waals surface area contributed by atoms with E-state index in [1.807, 2.05) is 0 Å². The Bertz CT molecular complexity index is 119. The number of carbonyl (C=O) groups is 1. The molecule has 0 atom stereocenters. The Hall–Kier alpha value is -0.600. The summed E-state index contributed by atoms with van der Waals surface area (Å²) in [5.74, 6) is 0. The van der Waals surface area contributed by atoms with Gasteiger partial charge in [0.2, 0.25) is 0 Å². The third kappa shape index (κ3) is 2.33. The molecule has 0 heterocycles. The van der Waals surface area contributed by atoms with E-state index in [1.54, 1.807) is 0 Å². The average Bonchev–Trinajstić information content (AvgIpc) is 1.88. The maximum absolute atomic E-state index is 11.6. The second-order valence-electron chi connectivity index (χ2n) is 2.62. The van der Waals surface area contributed by atoms with Gasteiger partial charge < -0.3 is 4.74 Å². The summed E-state index contributed by atoms with van der Waals surface area (Å²) in [5, 5.41) is 0. The molecule has 3 heteroatoms. The zero-order valence-electron chi connectivity index (χ0n) is 5.81. The molecule has 0 bridgehead atoms. The smallest absolute Gasteiger partial charge is 0.437 e. The lowest BCUT2D eigenvalue weighted by molar-refractivity contribution is 0.0566. The van der Waals surface area contributed by atoms with Crippen molar-refractivity contribution in [2.24, 2.45) is 0 Å². The zero-order chi connectivity index (χ0) is 7.40. The van der Waals surface area contributed by atoms with Gasteiger partial charge in [-0.2, -0.15) is 0 Å². The van der Waals surface area contributed by atoms with Gasteiger partial charge >= 0.3 is 6.22 Å². The van der Waals surface area contributed by atoms with Crippen molar-refractivity contribution in [2.45, 2.75) is 38.2 Å². The van der Waals surface area contributed by atoms with Crippen molar-refractivity contribution in [3.8, 4) is 0 Å². The van der Waals surface area contributed by atoms with Gasteiger partial charge in [0.1, 0.15) is 6.10 Å². The second kappa shape index (κ2) is 3.54. The summed E-state index contributed by atoms with van der Waals surface area (Å²) in [7, 11) is 0. The van der Waals surface area contributed by atoms with Crippen molar-refractivity contribution in [3.05, 3.63) is 0 Å². The molecule has 1 aliphatic carbocycles. The Morgan fingerprint density at radius 3 is 2.40 bits per heavy atom. The highest BCUT2D eigenvalue weighted by Crippen LogP contribution is 2.20. The molecule has 0 N–H and O–H groups in total. The first-order valence-corrected chi connectivity index (χ1v) is 3.65. The molecule has 0 amide bonds. The molecule has 58 valence electrons. The van der Waals surface area contributed by atoms with Gasteiger partial charge in [-0.25, -0.2) is 4.79 Å². The van der Waals surface area contributed by atoms with Gasteiger partial charge in [0.15, 0.2) is 0 Å². The van der Waals surface area contributed by atoms with Crippen LogP contribution in [0, 0.1) is 0 Å². The van der Waals surface area contributed by atoms with Crippen LogP contribution in [0.3, 0.4) is 0 Å². The van der Waals surface area contributed by atoms with Crippen LogP contribution in [0.2, 0.25) is 0 Å². The molecular formula is C7H11FO2. The summed E-state index contributed by atoms with van der Waals surface area (Å²) < 4.78 is 16.0. The van der Waals surface area contributed by atoms with Crippen LogP contribution in [0.4, 0.5) is 9.18 Å². The quantitative estimate of drug-likeness (QED) is 0.531. The Morgan fingerprint density at radius 2 is 1.90 bits per heavy atom. The Labute approximate surface area is 59.4 Å². The third-order valence-electron chi connectivity index (χ3n) is 1.81. The van der Waals surface area contributed by atoms with Crippen LogP contribution in [-0.2, 0) is 4.74 Å². The van der Waals surface area contributed by atoms with Gasteiger partial charge in [-0.1, -0.05) is 6.42 Å². The highest BCUT2D eigenvalue weighted by Gasteiger charge is 2.16. The van der Waals surface area contributed by atoms with Crippen LogP contribution in [0.5, 0.6) is 0 Å². The van der Waals surface area contributed by atoms with Gasteiger partial charge in [0.25, 0.3) is 0 Å². The van der Waals surface area contributed by atoms with Crippen molar-refractivity contribution >= 4 is 6.22 Å². The lowest BCUT2D eigenvalue weighted by Gasteiger charge is -2.19. The Kier molecular flexibility index (Phi) is 2.66. The van der Waals surface area contributed by atoms with Crippen LogP contribution in [0.15, 0.2) is 0 Å². The lowest BCUT2D eigenvalue weighted by atomic mass is 9.98. The van der Waals surface area contributed by atoms with Gasteiger partial charge in [0.05, 0.1) is 0 Å². The summed E-state index contributed by atoms with van der Waals surface area (Å²) in [4.78, 5) is 9.82. The summed E-state index contributed by atoms with van der Waals surface area (Å²) in [6.45, 7) is 0. The minimum absolute atomic E-state index is 0.147. The summed E-state index contributed by atoms with van der Waals surface area (Å²) in [6, 6.07) is 0. The molecule has 1 rings (SSSR count). The fourth-order valence-electron chi connectivity index (χ4n) is 1.31. The van der Waals surface area contributed by atoms with E-state index in [-0.39, 0.29) is 6.10 Å². The van der Waals surface area contributed by atoms with E-state index in [1.165, 1.54) is 6.42 Å². The van der Waals surface area contributed by atoms with Crippen LogP contribution in [0.25, 0.3) is 0 Å². The van der Waals surface area contributed by atoms with Crippen LogP contribution in [0.1, 0.15) is 32.1 Å². The second-order valence-corrected chi connectivity index (χ2v) is 2.62. The topological polar surface area (TPSA) is 26.3 Å². The number of rotatable bonds is 1. The number of carbonyl (C=O) groups excluding carboxylic acids is 1. The molecule has 0 aliphatic heterocycles. The molecular weight excluding hydrogens is 135 g/mol. The van der Waals surface area contributed by atoms with E-state index in [2.05, 4.69) is 4.74 Å². The van der Waals surface area contributed by atoms with Gasteiger partial charge in [0, 0.05) is 0 Å². The van der Waals surface area contributed by atoms with E-state index < -0.39 is 6.22 Å². The molecule has 0 aromatic carbocycles. The van der Waals surface area contributed by atoms with E-state index in [0.717, 1.165) is 25.7 Å². The van der Waals surface area contributed by atoms with E-state index in [4.69, 9.17) is 0 Å². The third-order valence-corrected chi connectivity index (χ3v) is 1.81. The average molecular weight is 146 g/mol. The zero-order valence-corrected chi connectivity index (χ0v) is 5.81. The van der Waals surface area contributed by atoms with Gasteiger partial charge in [-0.05, 0) is 25.7 Å². The number of halogens is 1. The Morgan fingerprint density at radius 1 is 1.30 bits per heavy atom. The molecule has 10 heavy (non-hydrogen) atoms. The Balaban J connectivity index is 2.19. The first-order chi connectivity index (χ1) is 4.79. The van der Waals surface area contributed by atoms with Crippen molar-refractivity contribution in [2.75, 3.05) is 0 Å². The summed E-state index contributed by atoms with van der Waals surface area (Å²) >= 11 is 0. The van der Waals surface area contributed by atoms with E-state index in [9.17, 15) is 9.18 Å². The summed E-state index contributed by atoms with van der Waals surface area (Å²) in [5.41, 5.74) is 0. The molecule has 0 radical (unpaired) electrons. The van der Waals surface area contributed by atoms with Crippen molar-refractivity contribution in [1.82, 2.24) is 0 Å².